The number of aromatic carboxylic acids is 1. The Bertz CT molecular complexity index is 464. The molecule has 1 aliphatic heterocycles. The summed E-state index contributed by atoms with van der Waals surface area (Å²) in [6, 6.07) is 5.12. The zero-order chi connectivity index (χ0) is 13.9. The lowest BCUT2D eigenvalue weighted by atomic mass is 9.97. The van der Waals surface area contributed by atoms with E-state index in [2.05, 4.69) is 16.8 Å². The summed E-state index contributed by atoms with van der Waals surface area (Å²) < 4.78 is 5.56. The van der Waals surface area contributed by atoms with Crippen LogP contribution in [0.5, 0.6) is 0 Å². The average molecular weight is 264 g/mol. The van der Waals surface area contributed by atoms with E-state index in [1.807, 2.05) is 6.07 Å². The molecular formula is C14H20N2O3. The molecule has 1 aliphatic rings. The van der Waals surface area contributed by atoms with Gasteiger partial charge in [0.1, 0.15) is 5.82 Å². The van der Waals surface area contributed by atoms with Crippen molar-refractivity contribution in [2.24, 2.45) is 0 Å². The Morgan fingerprint density at radius 1 is 1.42 bits per heavy atom. The van der Waals surface area contributed by atoms with Crippen molar-refractivity contribution in [1.82, 2.24) is 4.98 Å². The number of carboxylic acid groups (broad SMARTS) is 1. The third-order valence-electron chi connectivity index (χ3n) is 3.81. The van der Waals surface area contributed by atoms with E-state index in [1.165, 1.54) is 6.07 Å². The molecule has 1 aromatic heterocycles. The molecule has 1 atom stereocenters. The highest BCUT2D eigenvalue weighted by Gasteiger charge is 2.27. The van der Waals surface area contributed by atoms with E-state index in [1.54, 1.807) is 13.2 Å². The number of ether oxygens (including phenoxy) is 1. The molecule has 1 saturated heterocycles. The number of anilines is 1. The van der Waals surface area contributed by atoms with Crippen molar-refractivity contribution in [1.29, 1.82) is 0 Å². The average Bonchev–Trinajstić information content (AvgIpc) is 2.62. The topological polar surface area (TPSA) is 62.7 Å². The predicted octanol–water partition coefficient (Wildman–Crippen LogP) is 2.18. The first kappa shape index (κ1) is 13.8. The first-order chi connectivity index (χ1) is 9.04. The van der Waals surface area contributed by atoms with Crippen LogP contribution in [0, 0.1) is 0 Å². The van der Waals surface area contributed by atoms with Crippen LogP contribution in [0.1, 0.15) is 36.7 Å². The van der Waals surface area contributed by atoms with Crippen molar-refractivity contribution < 1.29 is 14.6 Å². The molecule has 19 heavy (non-hydrogen) atoms. The number of hydrogen-bond donors (Lipinski definition) is 1. The van der Waals surface area contributed by atoms with Gasteiger partial charge in [-0.15, -0.1) is 0 Å². The van der Waals surface area contributed by atoms with Crippen LogP contribution in [0.2, 0.25) is 0 Å². The van der Waals surface area contributed by atoms with Crippen molar-refractivity contribution in [2.75, 3.05) is 25.1 Å². The van der Waals surface area contributed by atoms with Crippen molar-refractivity contribution in [3.05, 3.63) is 23.9 Å². The molecule has 0 aromatic carbocycles. The summed E-state index contributed by atoms with van der Waals surface area (Å²) in [6.45, 7) is 3.84. The van der Waals surface area contributed by atoms with Gasteiger partial charge >= 0.3 is 5.97 Å². The molecule has 1 aromatic rings. The zero-order valence-electron chi connectivity index (χ0n) is 11.4. The minimum Gasteiger partial charge on any atom is -0.477 e. The molecule has 2 heterocycles. The van der Waals surface area contributed by atoms with Crippen LogP contribution >= 0.6 is 0 Å². The van der Waals surface area contributed by atoms with Crippen molar-refractivity contribution in [3.63, 3.8) is 0 Å². The van der Waals surface area contributed by atoms with Crippen molar-refractivity contribution in [3.8, 4) is 0 Å². The molecule has 0 unspecified atom stereocenters. The van der Waals surface area contributed by atoms with Gasteiger partial charge < -0.3 is 14.7 Å². The van der Waals surface area contributed by atoms with Gasteiger partial charge in [-0.25, -0.2) is 9.78 Å². The quantitative estimate of drug-likeness (QED) is 0.906. The molecular weight excluding hydrogens is 244 g/mol. The maximum absolute atomic E-state index is 11.0. The number of pyridine rings is 1. The van der Waals surface area contributed by atoms with Gasteiger partial charge in [0.15, 0.2) is 5.69 Å². The minimum atomic E-state index is -0.988. The van der Waals surface area contributed by atoms with E-state index in [4.69, 9.17) is 9.84 Å². The molecule has 0 amide bonds. The maximum atomic E-state index is 11.0. The summed E-state index contributed by atoms with van der Waals surface area (Å²) in [6.07, 6.45) is 2.95. The summed E-state index contributed by atoms with van der Waals surface area (Å²) in [4.78, 5) is 17.3. The first-order valence-corrected chi connectivity index (χ1v) is 6.54. The Kier molecular flexibility index (Phi) is 4.04. The second-order valence-electron chi connectivity index (χ2n) is 5.18. The lowest BCUT2D eigenvalue weighted by molar-refractivity contribution is -0.00330. The standard InChI is InChI=1S/C14H20N2O3/c1-14(19-2)7-4-9-16(10-8-14)12-6-3-5-11(15-12)13(17)18/h3,5-6H,4,7-10H2,1-2H3,(H,17,18)/t14-/m0/s1. The van der Waals surface area contributed by atoms with Gasteiger partial charge in [0.25, 0.3) is 0 Å². The Balaban J connectivity index is 2.14. The van der Waals surface area contributed by atoms with E-state index in [9.17, 15) is 4.79 Å². The van der Waals surface area contributed by atoms with Gasteiger partial charge in [-0.1, -0.05) is 6.07 Å². The lowest BCUT2D eigenvalue weighted by Gasteiger charge is -2.27. The molecule has 1 N–H and O–H groups in total. The number of carbonyl (C=O) groups is 1. The largest absolute Gasteiger partial charge is 0.477 e. The summed E-state index contributed by atoms with van der Waals surface area (Å²) in [5.74, 6) is -0.251. The molecule has 5 nitrogen and oxygen atoms in total. The molecule has 0 spiro atoms. The highest BCUT2D eigenvalue weighted by atomic mass is 16.5. The van der Waals surface area contributed by atoms with E-state index in [0.717, 1.165) is 38.2 Å². The maximum Gasteiger partial charge on any atom is 0.354 e. The molecule has 2 rings (SSSR count). The molecule has 0 bridgehead atoms. The fraction of sp³-hybridized carbons (Fsp3) is 0.571. The fourth-order valence-corrected chi connectivity index (χ4v) is 2.40. The molecule has 5 heteroatoms. The van der Waals surface area contributed by atoms with E-state index < -0.39 is 5.97 Å². The normalized spacial score (nSPS) is 24.0. The Labute approximate surface area is 113 Å². The Morgan fingerprint density at radius 3 is 2.89 bits per heavy atom. The van der Waals surface area contributed by atoms with Gasteiger partial charge in [-0.3, -0.25) is 0 Å². The number of rotatable bonds is 3. The minimum absolute atomic E-state index is 0.0842. The van der Waals surface area contributed by atoms with Crippen molar-refractivity contribution >= 4 is 11.8 Å². The highest BCUT2D eigenvalue weighted by molar-refractivity contribution is 5.85. The van der Waals surface area contributed by atoms with Crippen LogP contribution in [-0.4, -0.2) is 41.9 Å². The summed E-state index contributed by atoms with van der Waals surface area (Å²) >= 11 is 0. The van der Waals surface area contributed by atoms with Crippen LogP contribution in [0.15, 0.2) is 18.2 Å². The number of hydrogen-bond acceptors (Lipinski definition) is 4. The summed E-state index contributed by atoms with van der Waals surface area (Å²) in [5, 5.41) is 8.98. The zero-order valence-corrected chi connectivity index (χ0v) is 11.4. The first-order valence-electron chi connectivity index (χ1n) is 6.54. The number of methoxy groups -OCH3 is 1. The molecule has 0 radical (unpaired) electrons. The predicted molar refractivity (Wildman–Crippen MR) is 72.7 cm³/mol. The lowest BCUT2D eigenvalue weighted by Crippen LogP contribution is -2.30. The molecule has 0 aliphatic carbocycles. The van der Waals surface area contributed by atoms with Gasteiger partial charge in [0.05, 0.1) is 5.60 Å². The monoisotopic (exact) mass is 264 g/mol. The van der Waals surface area contributed by atoms with Crippen LogP contribution < -0.4 is 4.90 Å². The van der Waals surface area contributed by atoms with Crippen molar-refractivity contribution in [2.45, 2.75) is 31.8 Å². The second-order valence-corrected chi connectivity index (χ2v) is 5.18. The van der Waals surface area contributed by atoms with Crippen LogP contribution in [0.3, 0.4) is 0 Å². The SMILES string of the molecule is CO[C@@]1(C)CCCN(c2cccc(C(=O)O)n2)CC1. The van der Waals surface area contributed by atoms with Crippen LogP contribution in [0.4, 0.5) is 5.82 Å². The third-order valence-corrected chi connectivity index (χ3v) is 3.81. The number of aromatic nitrogens is 1. The Hall–Kier alpha value is -1.62. The third kappa shape index (κ3) is 3.23. The highest BCUT2D eigenvalue weighted by Crippen LogP contribution is 2.27. The van der Waals surface area contributed by atoms with E-state index >= 15 is 0 Å². The molecule has 104 valence electrons. The number of nitrogens with zero attached hydrogens (tertiary/aromatic N) is 2. The van der Waals surface area contributed by atoms with Gasteiger partial charge in [-0.05, 0) is 38.3 Å². The summed E-state index contributed by atoms with van der Waals surface area (Å²) in [7, 11) is 1.75. The molecule has 1 fully saturated rings. The van der Waals surface area contributed by atoms with Gasteiger partial charge in [0, 0.05) is 20.2 Å². The number of carboxylic acids is 1. The van der Waals surface area contributed by atoms with E-state index in [-0.39, 0.29) is 11.3 Å². The fourth-order valence-electron chi connectivity index (χ4n) is 2.40. The smallest absolute Gasteiger partial charge is 0.354 e. The van der Waals surface area contributed by atoms with E-state index in [0.29, 0.717) is 0 Å². The Morgan fingerprint density at radius 2 is 2.21 bits per heavy atom. The van der Waals surface area contributed by atoms with Crippen LogP contribution in [-0.2, 0) is 4.74 Å². The van der Waals surface area contributed by atoms with Gasteiger partial charge in [-0.2, -0.15) is 0 Å². The summed E-state index contributed by atoms with van der Waals surface area (Å²) in [5.41, 5.74) is 0.00958. The van der Waals surface area contributed by atoms with Crippen LogP contribution in [0.25, 0.3) is 0 Å². The molecule has 0 saturated carbocycles. The second kappa shape index (κ2) is 5.57. The van der Waals surface area contributed by atoms with Gasteiger partial charge in [0.2, 0.25) is 0 Å².